The van der Waals surface area contributed by atoms with Crippen LogP contribution in [0.5, 0.6) is 0 Å². The molecule has 0 unspecified atom stereocenters. The van der Waals surface area contributed by atoms with Crippen LogP contribution in [-0.4, -0.2) is 86.1 Å². The Morgan fingerprint density at radius 1 is 1.34 bits per heavy atom. The molecule has 2 atom stereocenters. The number of thiazole rings is 2. The number of hydrogen-bond donors (Lipinski definition) is 3. The molecule has 2 amide bonds. The topological polar surface area (TPSA) is 186 Å². The predicted octanol–water partition coefficient (Wildman–Crippen LogP) is 2.11. The zero-order valence-corrected chi connectivity index (χ0v) is 25.8. The lowest BCUT2D eigenvalue weighted by Crippen LogP contribution is -2.71. The molecule has 13 nitrogen and oxygen atoms in total. The van der Waals surface area contributed by atoms with Crippen LogP contribution in [0.4, 0.5) is 5.13 Å². The summed E-state index contributed by atoms with van der Waals surface area (Å²) in [4.78, 5) is 65.7. The highest BCUT2D eigenvalue weighted by molar-refractivity contribution is 8.01. The van der Waals surface area contributed by atoms with Crippen LogP contribution in [0.25, 0.3) is 0 Å². The van der Waals surface area contributed by atoms with Crippen molar-refractivity contribution in [1.29, 1.82) is 0 Å². The van der Waals surface area contributed by atoms with Crippen molar-refractivity contribution in [2.75, 3.05) is 31.0 Å². The number of aromatic nitrogens is 2. The van der Waals surface area contributed by atoms with Crippen molar-refractivity contribution in [3.63, 3.8) is 0 Å². The molecule has 17 heteroatoms. The van der Waals surface area contributed by atoms with Gasteiger partial charge in [-0.15, -0.1) is 34.4 Å². The molecule has 4 N–H and O–H groups in total. The van der Waals surface area contributed by atoms with Crippen molar-refractivity contribution in [2.45, 2.75) is 42.9 Å². The number of aliphatic carboxylic acids is 1. The minimum atomic E-state index is -1.23. The van der Waals surface area contributed by atoms with Crippen molar-refractivity contribution in [1.82, 2.24) is 20.2 Å². The molecule has 220 valence electrons. The molecule has 4 rings (SSSR count). The first-order chi connectivity index (χ1) is 19.5. The Kier molecular flexibility index (Phi) is 9.93. The van der Waals surface area contributed by atoms with Crippen LogP contribution in [0.15, 0.2) is 26.1 Å². The monoisotopic (exact) mass is 640 g/mol. The number of carbonyl (C=O) groups excluding carboxylic acids is 3. The molecule has 2 aromatic heterocycles. The van der Waals surface area contributed by atoms with Gasteiger partial charge < -0.3 is 25.7 Å². The fourth-order valence-electron chi connectivity index (χ4n) is 3.91. The van der Waals surface area contributed by atoms with Gasteiger partial charge >= 0.3 is 11.9 Å². The summed E-state index contributed by atoms with van der Waals surface area (Å²) in [6.45, 7) is 6.09. The number of anilines is 1. The van der Waals surface area contributed by atoms with Crippen LogP contribution in [-0.2, 0) is 35.2 Å². The number of carboxylic acids is 1. The molecule has 0 aromatic carbocycles. The quantitative estimate of drug-likeness (QED) is 0.101. The number of rotatable bonds is 12. The first kappa shape index (κ1) is 30.8. The molecule has 0 bridgehead atoms. The van der Waals surface area contributed by atoms with Crippen molar-refractivity contribution < 1.29 is 33.9 Å². The number of amides is 2. The summed E-state index contributed by atoms with van der Waals surface area (Å²) < 4.78 is 5.95. The Balaban J connectivity index is 1.42. The lowest BCUT2D eigenvalue weighted by molar-refractivity contribution is -0.150. The second-order valence-electron chi connectivity index (χ2n) is 9.34. The van der Waals surface area contributed by atoms with E-state index in [0.29, 0.717) is 28.0 Å². The third kappa shape index (κ3) is 7.02. The van der Waals surface area contributed by atoms with E-state index in [0.717, 1.165) is 21.9 Å². The van der Waals surface area contributed by atoms with E-state index in [1.807, 2.05) is 20.8 Å². The molecule has 2 aliphatic rings. The summed E-state index contributed by atoms with van der Waals surface area (Å²) in [5, 5.41) is 17.5. The zero-order chi connectivity index (χ0) is 29.8. The van der Waals surface area contributed by atoms with Gasteiger partial charge in [-0.25, -0.2) is 14.8 Å². The maximum Gasteiger partial charge on any atom is 0.352 e. The smallest absolute Gasteiger partial charge is 0.352 e. The Hall–Kier alpha value is -3.15. The summed E-state index contributed by atoms with van der Waals surface area (Å²) in [5.41, 5.74) is 6.89. The summed E-state index contributed by atoms with van der Waals surface area (Å²) in [6.07, 6.45) is 0.124. The molecule has 0 aliphatic carbocycles. The van der Waals surface area contributed by atoms with Crippen LogP contribution in [0.2, 0.25) is 0 Å². The number of fused-ring (bicyclic) bond motifs is 1. The lowest BCUT2D eigenvalue weighted by Gasteiger charge is -2.49. The van der Waals surface area contributed by atoms with Crippen molar-refractivity contribution >= 4 is 80.8 Å². The van der Waals surface area contributed by atoms with Gasteiger partial charge in [0.15, 0.2) is 15.2 Å². The van der Waals surface area contributed by atoms with E-state index < -0.39 is 29.2 Å². The highest BCUT2D eigenvalue weighted by Gasteiger charge is 2.54. The number of aryl methyl sites for hydroxylation is 1. The third-order valence-electron chi connectivity index (χ3n) is 5.82. The molecule has 2 aliphatic heterocycles. The number of oxime groups is 1. The van der Waals surface area contributed by atoms with Gasteiger partial charge in [-0.05, 0) is 18.4 Å². The first-order valence-electron chi connectivity index (χ1n) is 12.3. The number of esters is 1. The van der Waals surface area contributed by atoms with Gasteiger partial charge in [0.2, 0.25) is 0 Å². The average molecular weight is 641 g/mol. The molecule has 0 spiro atoms. The molecule has 4 heterocycles. The molecular weight excluding hydrogens is 613 g/mol. The number of carbonyl (C=O) groups is 4. The van der Waals surface area contributed by atoms with Gasteiger partial charge in [0.25, 0.3) is 11.8 Å². The van der Waals surface area contributed by atoms with E-state index in [1.54, 1.807) is 0 Å². The number of ether oxygens (including phenoxy) is 1. The molecule has 41 heavy (non-hydrogen) atoms. The minimum Gasteiger partial charge on any atom is -0.477 e. The normalized spacial score (nSPS) is 18.7. The predicted molar refractivity (Wildman–Crippen MR) is 157 cm³/mol. The van der Waals surface area contributed by atoms with E-state index in [2.05, 4.69) is 20.4 Å². The Bertz CT molecular complexity index is 1420. The maximum atomic E-state index is 13.1. The number of β-lactam (4-membered cyclic amide) rings is 1. The largest absolute Gasteiger partial charge is 0.477 e. The van der Waals surface area contributed by atoms with Crippen LogP contribution < -0.4 is 11.1 Å². The van der Waals surface area contributed by atoms with E-state index in [4.69, 9.17) is 15.3 Å². The summed E-state index contributed by atoms with van der Waals surface area (Å²) in [5.74, 6) is -1.90. The standard InChI is InChI=1S/C24H28N6O7S4/c1-10(2)6-37-15(31)5-14-11(3)26-24(41-14)40-8-12-7-38-21-17(20(33)30(21)18(12)22(34)35)28-19(32)16(29-36-4)13-9-39-23(25)27-13/h9-10,17,21H,5-8H2,1-4H3,(H2,25,27)(H,28,32)(H,34,35)/t17-,21+/m1/s1. The first-order valence-corrected chi connectivity index (χ1v) is 16.0. The molecule has 1 fully saturated rings. The lowest BCUT2D eigenvalue weighted by atomic mass is 10.0. The van der Waals surface area contributed by atoms with E-state index in [1.165, 1.54) is 52.3 Å². The van der Waals surface area contributed by atoms with E-state index in [-0.39, 0.29) is 40.5 Å². The summed E-state index contributed by atoms with van der Waals surface area (Å²) in [7, 11) is 1.27. The second kappa shape index (κ2) is 13.2. The number of hydrogen-bond acceptors (Lipinski definition) is 14. The molecule has 1 saturated heterocycles. The number of carboxylic acid groups (broad SMARTS) is 1. The van der Waals surface area contributed by atoms with Gasteiger partial charge in [-0.3, -0.25) is 19.3 Å². The summed E-state index contributed by atoms with van der Waals surface area (Å²) >= 11 is 5.18. The van der Waals surface area contributed by atoms with Gasteiger partial charge in [-0.2, -0.15) is 0 Å². The number of thioether (sulfide) groups is 2. The number of nitrogens with zero attached hydrogens (tertiary/aromatic N) is 4. The van der Waals surface area contributed by atoms with Crippen molar-refractivity contribution in [3.05, 3.63) is 32.9 Å². The maximum absolute atomic E-state index is 13.1. The Morgan fingerprint density at radius 3 is 2.73 bits per heavy atom. The van der Waals surface area contributed by atoms with Gasteiger partial charge in [0.05, 0.1) is 18.7 Å². The second-order valence-corrected chi connectivity index (χ2v) is 13.6. The average Bonchev–Trinajstić information content (AvgIpc) is 3.51. The van der Waals surface area contributed by atoms with Crippen molar-refractivity contribution in [2.24, 2.45) is 11.1 Å². The fraction of sp³-hybridized carbons (Fsp3) is 0.458. The van der Waals surface area contributed by atoms with Crippen molar-refractivity contribution in [3.8, 4) is 0 Å². The fourth-order valence-corrected chi connectivity index (χ4v) is 8.17. The SMILES string of the molecule is CON=C(C(=O)N[C@@H]1C(=O)N2C(C(=O)O)=C(CSc3nc(C)c(CC(=O)OCC(C)C)s3)CS[C@@H]12)c1csc(N)n1. The van der Waals surface area contributed by atoms with Crippen LogP contribution >= 0.6 is 46.2 Å². The molecule has 2 aromatic rings. The molecule has 0 radical (unpaired) electrons. The number of nitrogens with two attached hydrogens (primary N) is 1. The van der Waals surface area contributed by atoms with Gasteiger partial charge in [-0.1, -0.05) is 30.8 Å². The number of nitrogen functional groups attached to an aromatic ring is 1. The minimum absolute atomic E-state index is 0.0967. The third-order valence-corrected chi connectivity index (χ3v) is 10.2. The van der Waals surface area contributed by atoms with Crippen LogP contribution in [0.3, 0.4) is 0 Å². The highest BCUT2D eigenvalue weighted by Crippen LogP contribution is 2.42. The zero-order valence-electron chi connectivity index (χ0n) is 22.5. The van der Waals surface area contributed by atoms with E-state index in [9.17, 15) is 24.3 Å². The van der Waals surface area contributed by atoms with Crippen LogP contribution in [0.1, 0.15) is 30.1 Å². The van der Waals surface area contributed by atoms with Crippen LogP contribution in [0, 0.1) is 12.8 Å². The highest BCUT2D eigenvalue weighted by atomic mass is 32.2. The van der Waals surface area contributed by atoms with E-state index >= 15 is 0 Å². The summed E-state index contributed by atoms with van der Waals surface area (Å²) in [6, 6.07) is -0.950. The Morgan fingerprint density at radius 2 is 2.10 bits per heavy atom. The number of nitrogens with one attached hydrogen (secondary N) is 1. The van der Waals surface area contributed by atoms with Gasteiger partial charge in [0.1, 0.15) is 29.9 Å². The van der Waals surface area contributed by atoms with Gasteiger partial charge in [0, 0.05) is 21.8 Å². The molecule has 0 saturated carbocycles. The Labute approximate surface area is 251 Å². The molecular formula is C24H28N6O7S4.